The first-order valence-corrected chi connectivity index (χ1v) is 12.2. The Bertz CT molecular complexity index is 1460. The van der Waals surface area contributed by atoms with Gasteiger partial charge >= 0.3 is 5.97 Å². The normalized spacial score (nSPS) is 12.7. The predicted molar refractivity (Wildman–Crippen MR) is 129 cm³/mol. The van der Waals surface area contributed by atoms with Crippen molar-refractivity contribution in [2.45, 2.75) is 4.90 Å². The number of benzene rings is 3. The summed E-state index contributed by atoms with van der Waals surface area (Å²) in [6.07, 6.45) is 0. The molecule has 3 aromatic rings. The summed E-state index contributed by atoms with van der Waals surface area (Å²) in [6, 6.07) is 13.8. The number of sulfonamides is 1. The van der Waals surface area contributed by atoms with Gasteiger partial charge in [0.2, 0.25) is 0 Å². The molecule has 0 radical (unpaired) electrons. The van der Waals surface area contributed by atoms with E-state index in [2.05, 4.69) is 10.0 Å². The molecule has 12 heteroatoms. The smallest absolute Gasteiger partial charge is 0.338 e. The molecule has 0 atom stereocenters. The third-order valence-electron chi connectivity index (χ3n) is 4.82. The Labute approximate surface area is 210 Å². The van der Waals surface area contributed by atoms with Gasteiger partial charge in [-0.1, -0.05) is 29.3 Å². The van der Waals surface area contributed by atoms with Gasteiger partial charge in [0, 0.05) is 10.6 Å². The van der Waals surface area contributed by atoms with Gasteiger partial charge in [-0.2, -0.15) is 0 Å². The number of fused-ring (bicyclic) bond motifs is 1. The highest BCUT2D eigenvalue weighted by Crippen LogP contribution is 2.29. The topological polar surface area (TPSA) is 128 Å². The van der Waals surface area contributed by atoms with Crippen LogP contribution in [0, 0.1) is 0 Å². The van der Waals surface area contributed by atoms with Crippen molar-refractivity contribution < 1.29 is 32.3 Å². The molecule has 1 amide bonds. The minimum Gasteiger partial charge on any atom is -0.482 e. The number of carbonyl (C=O) groups excluding carboxylic acids is 3. The van der Waals surface area contributed by atoms with E-state index in [0.29, 0.717) is 11.4 Å². The predicted octanol–water partition coefficient (Wildman–Crippen LogP) is 4.16. The summed E-state index contributed by atoms with van der Waals surface area (Å²) in [5.74, 6) is -1.35. The van der Waals surface area contributed by atoms with Crippen molar-refractivity contribution in [1.82, 2.24) is 0 Å². The standard InChI is InChI=1S/C23H16Cl2N2O7S/c24-15-5-6-17(25)18(10-15)27-35(31,32)16-3-1-2-14(8-16)23(30)34-11-20(28)13-4-7-21-19(9-13)26-22(29)12-33-21/h1-10,27H,11-12H2,(H,26,29). The lowest BCUT2D eigenvalue weighted by Gasteiger charge is -2.18. The molecular weight excluding hydrogens is 519 g/mol. The third-order valence-corrected chi connectivity index (χ3v) is 6.75. The van der Waals surface area contributed by atoms with Crippen molar-refractivity contribution in [2.75, 3.05) is 23.3 Å². The van der Waals surface area contributed by atoms with Crippen LogP contribution in [-0.4, -0.2) is 39.3 Å². The van der Waals surface area contributed by atoms with Crippen LogP contribution < -0.4 is 14.8 Å². The molecule has 0 bridgehead atoms. The van der Waals surface area contributed by atoms with E-state index in [1.165, 1.54) is 54.6 Å². The summed E-state index contributed by atoms with van der Waals surface area (Å²) >= 11 is 11.9. The molecule has 0 fully saturated rings. The van der Waals surface area contributed by atoms with E-state index in [1.54, 1.807) is 0 Å². The number of Topliss-reactive ketones (excluding diaryl/α,β-unsaturated/α-hetero) is 1. The Kier molecular flexibility index (Phi) is 6.97. The number of anilines is 2. The zero-order valence-electron chi connectivity index (χ0n) is 17.7. The summed E-state index contributed by atoms with van der Waals surface area (Å²) in [5.41, 5.74) is 0.526. The summed E-state index contributed by atoms with van der Waals surface area (Å²) < 4.78 is 38.2. The van der Waals surface area contributed by atoms with E-state index in [9.17, 15) is 22.8 Å². The maximum absolute atomic E-state index is 12.8. The zero-order chi connectivity index (χ0) is 25.2. The minimum atomic E-state index is -4.11. The second kappa shape index (κ2) is 9.95. The largest absolute Gasteiger partial charge is 0.482 e. The van der Waals surface area contributed by atoms with Gasteiger partial charge in [-0.15, -0.1) is 0 Å². The Morgan fingerprint density at radius 1 is 1.03 bits per heavy atom. The fraction of sp³-hybridized carbons (Fsp3) is 0.0870. The van der Waals surface area contributed by atoms with E-state index in [4.69, 9.17) is 32.7 Å². The Morgan fingerprint density at radius 3 is 2.63 bits per heavy atom. The summed E-state index contributed by atoms with van der Waals surface area (Å²) in [6.45, 7) is -0.714. The van der Waals surface area contributed by atoms with Gasteiger partial charge in [-0.3, -0.25) is 14.3 Å². The molecule has 9 nitrogen and oxygen atoms in total. The van der Waals surface area contributed by atoms with Crippen molar-refractivity contribution in [3.63, 3.8) is 0 Å². The average Bonchev–Trinajstić information content (AvgIpc) is 2.84. The molecule has 1 aliphatic heterocycles. The van der Waals surface area contributed by atoms with Crippen LogP contribution >= 0.6 is 23.2 Å². The molecule has 0 aromatic heterocycles. The van der Waals surface area contributed by atoms with Crippen LogP contribution in [0.2, 0.25) is 10.0 Å². The van der Waals surface area contributed by atoms with Gasteiger partial charge in [0.1, 0.15) is 5.75 Å². The monoisotopic (exact) mass is 534 g/mol. The lowest BCUT2D eigenvalue weighted by molar-refractivity contribution is -0.118. The minimum absolute atomic E-state index is 0.0735. The number of halogens is 2. The number of esters is 1. The maximum atomic E-state index is 12.8. The average molecular weight is 535 g/mol. The fourth-order valence-corrected chi connectivity index (χ4v) is 4.63. The second-order valence-corrected chi connectivity index (χ2v) is 9.83. The summed E-state index contributed by atoms with van der Waals surface area (Å²) in [7, 11) is -4.11. The summed E-state index contributed by atoms with van der Waals surface area (Å²) in [4.78, 5) is 36.2. The lowest BCUT2D eigenvalue weighted by atomic mass is 10.1. The van der Waals surface area contributed by atoms with Crippen LogP contribution in [0.4, 0.5) is 11.4 Å². The zero-order valence-corrected chi connectivity index (χ0v) is 20.0. The summed E-state index contributed by atoms with van der Waals surface area (Å²) in [5, 5.41) is 3.01. The molecule has 3 aromatic carbocycles. The number of rotatable bonds is 7. The van der Waals surface area contributed by atoms with E-state index < -0.39 is 28.4 Å². The van der Waals surface area contributed by atoms with Gasteiger partial charge < -0.3 is 14.8 Å². The SMILES string of the molecule is O=C1COc2ccc(C(=O)COC(=O)c3cccc(S(=O)(=O)Nc4cc(Cl)ccc4Cl)c3)cc2N1. The van der Waals surface area contributed by atoms with Crippen LogP contribution in [0.5, 0.6) is 5.75 Å². The Morgan fingerprint density at radius 2 is 1.83 bits per heavy atom. The van der Waals surface area contributed by atoms with Crippen molar-refractivity contribution >= 4 is 62.3 Å². The number of ketones is 1. The first kappa shape index (κ1) is 24.5. The van der Waals surface area contributed by atoms with Crippen LogP contribution in [-0.2, 0) is 19.6 Å². The molecule has 0 aliphatic carbocycles. The Balaban J connectivity index is 1.44. The molecule has 35 heavy (non-hydrogen) atoms. The highest BCUT2D eigenvalue weighted by Gasteiger charge is 2.21. The van der Waals surface area contributed by atoms with Crippen LogP contribution in [0.25, 0.3) is 0 Å². The molecule has 0 saturated carbocycles. The molecular formula is C23H16Cl2N2O7S. The number of ether oxygens (including phenoxy) is 2. The van der Waals surface area contributed by atoms with Crippen LogP contribution in [0.1, 0.15) is 20.7 Å². The van der Waals surface area contributed by atoms with Gasteiger partial charge in [-0.05, 0) is 54.6 Å². The fourth-order valence-electron chi connectivity index (χ4n) is 3.12. The molecule has 2 N–H and O–H groups in total. The van der Waals surface area contributed by atoms with E-state index >= 15 is 0 Å². The number of nitrogens with one attached hydrogen (secondary N) is 2. The Hall–Kier alpha value is -3.60. The molecule has 1 aliphatic rings. The van der Waals surface area contributed by atoms with Crippen molar-refractivity contribution in [3.05, 3.63) is 81.8 Å². The maximum Gasteiger partial charge on any atom is 0.338 e. The van der Waals surface area contributed by atoms with E-state index in [1.807, 2.05) is 0 Å². The van der Waals surface area contributed by atoms with Gasteiger partial charge in [0.15, 0.2) is 19.0 Å². The van der Waals surface area contributed by atoms with Gasteiger partial charge in [0.25, 0.3) is 15.9 Å². The highest BCUT2D eigenvalue weighted by molar-refractivity contribution is 7.92. The quantitative estimate of drug-likeness (QED) is 0.344. The van der Waals surface area contributed by atoms with Crippen molar-refractivity contribution in [2.24, 2.45) is 0 Å². The molecule has 1 heterocycles. The van der Waals surface area contributed by atoms with Crippen LogP contribution in [0.3, 0.4) is 0 Å². The molecule has 180 valence electrons. The lowest BCUT2D eigenvalue weighted by Crippen LogP contribution is -2.25. The van der Waals surface area contributed by atoms with E-state index in [0.717, 1.165) is 6.07 Å². The molecule has 0 saturated heterocycles. The van der Waals surface area contributed by atoms with Gasteiger partial charge in [0.05, 0.1) is 26.9 Å². The highest BCUT2D eigenvalue weighted by atomic mass is 35.5. The van der Waals surface area contributed by atoms with E-state index in [-0.39, 0.29) is 44.3 Å². The molecule has 0 unspecified atom stereocenters. The van der Waals surface area contributed by atoms with Crippen LogP contribution in [0.15, 0.2) is 65.6 Å². The molecule has 4 rings (SSSR count). The number of carbonyl (C=O) groups is 3. The second-order valence-electron chi connectivity index (χ2n) is 7.30. The number of hydrogen-bond acceptors (Lipinski definition) is 7. The number of hydrogen-bond donors (Lipinski definition) is 2. The number of amides is 1. The molecule has 0 spiro atoms. The first-order chi connectivity index (χ1) is 16.6. The van der Waals surface area contributed by atoms with Crippen molar-refractivity contribution in [1.29, 1.82) is 0 Å². The third kappa shape index (κ3) is 5.73. The van der Waals surface area contributed by atoms with Crippen molar-refractivity contribution in [3.8, 4) is 5.75 Å². The van der Waals surface area contributed by atoms with Gasteiger partial charge in [-0.25, -0.2) is 13.2 Å². The first-order valence-electron chi connectivity index (χ1n) is 9.97.